The SMILES string of the molecule is O=C(NCc1ccc(Cl)cc1)C1CCC(=O)N1c1ccccc1. The molecule has 1 N–H and O–H groups in total. The summed E-state index contributed by atoms with van der Waals surface area (Å²) < 4.78 is 0. The van der Waals surface area contributed by atoms with E-state index in [1.54, 1.807) is 17.0 Å². The van der Waals surface area contributed by atoms with Gasteiger partial charge in [0.15, 0.2) is 0 Å². The highest BCUT2D eigenvalue weighted by Gasteiger charge is 2.36. The molecular weight excluding hydrogens is 312 g/mol. The van der Waals surface area contributed by atoms with Crippen LogP contribution in [0.4, 0.5) is 5.69 Å². The van der Waals surface area contributed by atoms with Gasteiger partial charge in [0.05, 0.1) is 0 Å². The third-order valence-corrected chi connectivity index (χ3v) is 4.18. The summed E-state index contributed by atoms with van der Waals surface area (Å²) in [4.78, 5) is 26.2. The number of rotatable bonds is 4. The molecule has 0 aromatic heterocycles. The Labute approximate surface area is 140 Å². The summed E-state index contributed by atoms with van der Waals surface area (Å²) in [6, 6.07) is 16.2. The van der Waals surface area contributed by atoms with Crippen LogP contribution in [-0.4, -0.2) is 17.9 Å². The van der Waals surface area contributed by atoms with Crippen molar-refractivity contribution < 1.29 is 9.59 Å². The van der Waals surface area contributed by atoms with Crippen molar-refractivity contribution in [1.82, 2.24) is 5.32 Å². The van der Waals surface area contributed by atoms with Gasteiger partial charge in [0.25, 0.3) is 0 Å². The Balaban J connectivity index is 1.68. The average Bonchev–Trinajstić information content (AvgIpc) is 2.96. The second kappa shape index (κ2) is 6.84. The van der Waals surface area contributed by atoms with E-state index in [0.29, 0.717) is 24.4 Å². The van der Waals surface area contributed by atoms with Crippen LogP contribution >= 0.6 is 11.6 Å². The zero-order valence-electron chi connectivity index (χ0n) is 12.5. The molecule has 1 aliphatic heterocycles. The number of hydrogen-bond donors (Lipinski definition) is 1. The number of nitrogens with one attached hydrogen (secondary N) is 1. The minimum atomic E-state index is -0.447. The second-order valence-corrected chi connectivity index (χ2v) is 5.93. The third-order valence-electron chi connectivity index (χ3n) is 3.93. The standard InChI is InChI=1S/C18H17ClN2O2/c19-14-8-6-13(7-9-14)12-20-18(23)16-10-11-17(22)21(16)15-4-2-1-3-5-15/h1-9,16H,10-12H2,(H,20,23). The van der Waals surface area contributed by atoms with E-state index in [-0.39, 0.29) is 11.8 Å². The van der Waals surface area contributed by atoms with Crippen LogP contribution in [0.2, 0.25) is 5.02 Å². The van der Waals surface area contributed by atoms with E-state index in [1.807, 2.05) is 42.5 Å². The van der Waals surface area contributed by atoms with Gasteiger partial charge in [0.2, 0.25) is 11.8 Å². The summed E-state index contributed by atoms with van der Waals surface area (Å²) >= 11 is 5.85. The van der Waals surface area contributed by atoms with Gasteiger partial charge in [0.1, 0.15) is 6.04 Å². The minimum absolute atomic E-state index is 0.0113. The Bertz CT molecular complexity index is 701. The molecule has 2 aromatic rings. The normalized spacial score (nSPS) is 17.3. The summed E-state index contributed by atoms with van der Waals surface area (Å²) in [5.41, 5.74) is 1.74. The first-order valence-corrected chi connectivity index (χ1v) is 7.92. The van der Waals surface area contributed by atoms with E-state index in [0.717, 1.165) is 11.3 Å². The van der Waals surface area contributed by atoms with Crippen LogP contribution < -0.4 is 10.2 Å². The molecule has 0 radical (unpaired) electrons. The number of carbonyl (C=O) groups is 2. The van der Waals surface area contributed by atoms with Gasteiger partial charge in [-0.3, -0.25) is 14.5 Å². The van der Waals surface area contributed by atoms with Crippen LogP contribution in [0, 0.1) is 0 Å². The molecule has 1 saturated heterocycles. The monoisotopic (exact) mass is 328 g/mol. The highest BCUT2D eigenvalue weighted by Crippen LogP contribution is 2.26. The van der Waals surface area contributed by atoms with Crippen molar-refractivity contribution in [1.29, 1.82) is 0 Å². The topological polar surface area (TPSA) is 49.4 Å². The smallest absolute Gasteiger partial charge is 0.243 e. The molecule has 23 heavy (non-hydrogen) atoms. The van der Waals surface area contributed by atoms with Gasteiger partial charge in [-0.2, -0.15) is 0 Å². The third kappa shape index (κ3) is 3.54. The molecule has 3 rings (SSSR count). The van der Waals surface area contributed by atoms with Crippen LogP contribution in [0.15, 0.2) is 54.6 Å². The van der Waals surface area contributed by atoms with Crippen LogP contribution in [0.3, 0.4) is 0 Å². The number of carbonyl (C=O) groups excluding carboxylic acids is 2. The summed E-state index contributed by atoms with van der Waals surface area (Å²) in [7, 11) is 0. The summed E-state index contributed by atoms with van der Waals surface area (Å²) in [6.07, 6.45) is 0.939. The molecule has 0 spiro atoms. The number of nitrogens with zero attached hydrogens (tertiary/aromatic N) is 1. The van der Waals surface area contributed by atoms with E-state index in [4.69, 9.17) is 11.6 Å². The molecule has 4 nitrogen and oxygen atoms in total. The summed E-state index contributed by atoms with van der Waals surface area (Å²) in [5, 5.41) is 3.57. The van der Waals surface area contributed by atoms with Crippen LogP contribution in [0.1, 0.15) is 18.4 Å². The van der Waals surface area contributed by atoms with Crippen molar-refractivity contribution in [3.8, 4) is 0 Å². The van der Waals surface area contributed by atoms with Crippen molar-refractivity contribution in [2.75, 3.05) is 4.90 Å². The van der Waals surface area contributed by atoms with Crippen molar-refractivity contribution in [3.05, 3.63) is 65.2 Å². The van der Waals surface area contributed by atoms with E-state index in [2.05, 4.69) is 5.32 Å². The minimum Gasteiger partial charge on any atom is -0.350 e. The molecule has 1 unspecified atom stereocenters. The van der Waals surface area contributed by atoms with Crippen molar-refractivity contribution in [2.24, 2.45) is 0 Å². The molecular formula is C18H17ClN2O2. The molecule has 1 fully saturated rings. The Morgan fingerprint density at radius 2 is 1.83 bits per heavy atom. The first-order chi connectivity index (χ1) is 11.1. The zero-order valence-corrected chi connectivity index (χ0v) is 13.3. The van der Waals surface area contributed by atoms with E-state index in [1.165, 1.54) is 0 Å². The molecule has 0 aliphatic carbocycles. The maximum absolute atomic E-state index is 12.5. The van der Waals surface area contributed by atoms with Gasteiger partial charge in [0, 0.05) is 23.7 Å². The first-order valence-electron chi connectivity index (χ1n) is 7.54. The Kier molecular flexibility index (Phi) is 4.63. The lowest BCUT2D eigenvalue weighted by atomic mass is 10.1. The molecule has 2 aromatic carbocycles. The second-order valence-electron chi connectivity index (χ2n) is 5.50. The fourth-order valence-corrected chi connectivity index (χ4v) is 2.88. The van der Waals surface area contributed by atoms with Crippen LogP contribution in [0.5, 0.6) is 0 Å². The lowest BCUT2D eigenvalue weighted by molar-refractivity contribution is -0.124. The summed E-state index contributed by atoms with van der Waals surface area (Å²) in [6.45, 7) is 0.420. The van der Waals surface area contributed by atoms with E-state index in [9.17, 15) is 9.59 Å². The van der Waals surface area contributed by atoms with Gasteiger partial charge in [-0.05, 0) is 36.2 Å². The number of para-hydroxylation sites is 1. The molecule has 1 heterocycles. The maximum Gasteiger partial charge on any atom is 0.243 e. The van der Waals surface area contributed by atoms with Crippen LogP contribution in [0.25, 0.3) is 0 Å². The molecule has 0 bridgehead atoms. The van der Waals surface area contributed by atoms with Crippen molar-refractivity contribution in [3.63, 3.8) is 0 Å². The van der Waals surface area contributed by atoms with E-state index < -0.39 is 6.04 Å². The van der Waals surface area contributed by atoms with Crippen molar-refractivity contribution in [2.45, 2.75) is 25.4 Å². The van der Waals surface area contributed by atoms with Crippen molar-refractivity contribution >= 4 is 29.1 Å². The predicted octanol–water partition coefficient (Wildman–Crippen LogP) is 3.15. The summed E-state index contributed by atoms with van der Waals surface area (Å²) in [5.74, 6) is -0.141. The number of hydrogen-bond acceptors (Lipinski definition) is 2. The van der Waals surface area contributed by atoms with Gasteiger partial charge in [-0.15, -0.1) is 0 Å². The van der Waals surface area contributed by atoms with Gasteiger partial charge < -0.3 is 5.32 Å². The predicted molar refractivity (Wildman–Crippen MR) is 90.2 cm³/mol. The fraction of sp³-hybridized carbons (Fsp3) is 0.222. The molecule has 2 amide bonds. The number of anilines is 1. The fourth-order valence-electron chi connectivity index (χ4n) is 2.75. The van der Waals surface area contributed by atoms with E-state index >= 15 is 0 Å². The average molecular weight is 329 g/mol. The highest BCUT2D eigenvalue weighted by molar-refractivity contribution is 6.30. The number of amides is 2. The van der Waals surface area contributed by atoms with Gasteiger partial charge >= 0.3 is 0 Å². The first kappa shape index (κ1) is 15.6. The Morgan fingerprint density at radius 1 is 1.13 bits per heavy atom. The number of halogens is 1. The van der Waals surface area contributed by atoms with Crippen LogP contribution in [-0.2, 0) is 16.1 Å². The van der Waals surface area contributed by atoms with Gasteiger partial charge in [-0.1, -0.05) is 41.9 Å². The largest absolute Gasteiger partial charge is 0.350 e. The van der Waals surface area contributed by atoms with Gasteiger partial charge in [-0.25, -0.2) is 0 Å². The molecule has 118 valence electrons. The quantitative estimate of drug-likeness (QED) is 0.937. The lowest BCUT2D eigenvalue weighted by Crippen LogP contribution is -2.44. The Hall–Kier alpha value is -2.33. The Morgan fingerprint density at radius 3 is 2.52 bits per heavy atom. The molecule has 1 aliphatic rings. The maximum atomic E-state index is 12.5. The highest BCUT2D eigenvalue weighted by atomic mass is 35.5. The lowest BCUT2D eigenvalue weighted by Gasteiger charge is -2.24. The molecule has 5 heteroatoms. The number of benzene rings is 2. The molecule has 1 atom stereocenters. The molecule has 0 saturated carbocycles. The zero-order chi connectivity index (χ0) is 16.2.